The van der Waals surface area contributed by atoms with Gasteiger partial charge in [-0.2, -0.15) is 0 Å². The lowest BCUT2D eigenvalue weighted by Crippen LogP contribution is -2.44. The highest BCUT2D eigenvalue weighted by atomic mass is 16.5. The molecule has 10 heteroatoms. The Morgan fingerprint density at radius 1 is 1.07 bits per heavy atom. The summed E-state index contributed by atoms with van der Waals surface area (Å²) in [6.45, 7) is 11.4. The van der Waals surface area contributed by atoms with E-state index in [0.717, 1.165) is 22.4 Å². The van der Waals surface area contributed by atoms with Crippen LogP contribution in [0.15, 0.2) is 57.6 Å². The number of fused-ring (bicyclic) bond motifs is 4. The van der Waals surface area contributed by atoms with E-state index in [-0.39, 0.29) is 31.0 Å². The lowest BCUT2D eigenvalue weighted by Gasteiger charge is -2.32. The van der Waals surface area contributed by atoms with Gasteiger partial charge in [-0.1, -0.05) is 65.0 Å². The molecule has 2 unspecified atom stereocenters. The number of carbonyl (C=O) groups is 2. The van der Waals surface area contributed by atoms with Crippen molar-refractivity contribution in [3.05, 3.63) is 82.8 Å². The molecule has 0 saturated carbocycles. The Kier molecular flexibility index (Phi) is 6.93. The lowest BCUT2D eigenvalue weighted by atomic mass is 9.72. The van der Waals surface area contributed by atoms with Crippen molar-refractivity contribution >= 4 is 17.4 Å². The van der Waals surface area contributed by atoms with E-state index in [9.17, 15) is 14.7 Å². The maximum Gasteiger partial charge on any atom is 0.249 e. The van der Waals surface area contributed by atoms with Crippen LogP contribution in [0.3, 0.4) is 0 Å². The van der Waals surface area contributed by atoms with E-state index in [0.29, 0.717) is 41.1 Å². The molecular formula is C36H40N4O6. The predicted octanol–water partition coefficient (Wildman–Crippen LogP) is 6.00. The van der Waals surface area contributed by atoms with Gasteiger partial charge in [-0.25, -0.2) is 9.97 Å². The molecule has 3 aliphatic rings. The Labute approximate surface area is 268 Å². The number of aliphatic hydroxyl groups is 1. The molecule has 1 amide bonds. The van der Waals surface area contributed by atoms with Crippen molar-refractivity contribution in [3.63, 3.8) is 0 Å². The van der Waals surface area contributed by atoms with Crippen molar-refractivity contribution in [2.24, 2.45) is 11.3 Å². The number of ether oxygens (including phenoxy) is 1. The number of para-hydroxylation sites is 1. The zero-order valence-corrected chi connectivity index (χ0v) is 27.1. The molecule has 2 aromatic carbocycles. The molecule has 0 saturated heterocycles. The molecule has 7 rings (SSSR count). The fourth-order valence-electron chi connectivity index (χ4n) is 7.20. The predicted molar refractivity (Wildman–Crippen MR) is 170 cm³/mol. The Morgan fingerprint density at radius 3 is 2.52 bits per heavy atom. The number of Topliss-reactive ketones (excluding diaryl/α,β-unsaturated/α-hetero) is 1. The van der Waals surface area contributed by atoms with Gasteiger partial charge < -0.3 is 29.3 Å². The van der Waals surface area contributed by atoms with Gasteiger partial charge in [0, 0.05) is 23.6 Å². The van der Waals surface area contributed by atoms with Crippen molar-refractivity contribution in [1.29, 1.82) is 0 Å². The minimum Gasteiger partial charge on any atom is -0.469 e. The summed E-state index contributed by atoms with van der Waals surface area (Å²) in [5, 5.41) is 17.8. The first kappa shape index (κ1) is 30.2. The molecule has 46 heavy (non-hydrogen) atoms. The Balaban J connectivity index is 1.49. The number of aryl methyl sites for hydroxylation is 1. The quantitative estimate of drug-likeness (QED) is 0.236. The van der Waals surface area contributed by atoms with Gasteiger partial charge in [-0.05, 0) is 54.9 Å². The van der Waals surface area contributed by atoms with E-state index < -0.39 is 34.6 Å². The van der Waals surface area contributed by atoms with Crippen LogP contribution in [0.2, 0.25) is 0 Å². The van der Waals surface area contributed by atoms with Crippen molar-refractivity contribution < 1.29 is 28.3 Å². The summed E-state index contributed by atoms with van der Waals surface area (Å²) >= 11 is 0. The number of aromatic nitrogens is 2. The second-order valence-corrected chi connectivity index (χ2v) is 13.9. The van der Waals surface area contributed by atoms with Crippen LogP contribution in [0.25, 0.3) is 11.6 Å². The number of hydrogen-bond donors (Lipinski definition) is 3. The number of nitrogens with zero attached hydrogens (tertiary/aromatic N) is 2. The molecular weight excluding hydrogens is 584 g/mol. The van der Waals surface area contributed by atoms with E-state index in [2.05, 4.69) is 21.7 Å². The molecule has 0 fully saturated rings. The van der Waals surface area contributed by atoms with Gasteiger partial charge in [0.2, 0.25) is 17.7 Å². The van der Waals surface area contributed by atoms with Gasteiger partial charge in [0.05, 0.1) is 5.69 Å². The first-order valence-electron chi connectivity index (χ1n) is 16.0. The third-order valence-corrected chi connectivity index (χ3v) is 9.94. The molecule has 4 atom stereocenters. The van der Waals surface area contributed by atoms with Crippen LogP contribution in [0.5, 0.6) is 5.75 Å². The minimum absolute atomic E-state index is 0.107. The SMILES string of the molecule is CCC(O)(CC)C(=O)CC1Cc2ccc3c(c2)[C@@]2(c4ccccc4NC2O3)c2oc(nc2-c2nc(C)co2)[C@H](C(C)(C)C)NC1=O. The highest BCUT2D eigenvalue weighted by Gasteiger charge is 2.61. The fraction of sp³-hybridized carbons (Fsp3) is 0.444. The number of benzene rings is 2. The summed E-state index contributed by atoms with van der Waals surface area (Å²) in [5.74, 6) is 0.394. The summed E-state index contributed by atoms with van der Waals surface area (Å²) in [6.07, 6.45) is 1.75. The largest absolute Gasteiger partial charge is 0.469 e. The summed E-state index contributed by atoms with van der Waals surface area (Å²) in [7, 11) is 0. The van der Waals surface area contributed by atoms with E-state index in [1.54, 1.807) is 20.1 Å². The van der Waals surface area contributed by atoms with Crippen molar-refractivity contribution in [2.75, 3.05) is 5.32 Å². The van der Waals surface area contributed by atoms with Crippen LogP contribution in [0.1, 0.15) is 94.0 Å². The highest BCUT2D eigenvalue weighted by Crippen LogP contribution is 2.59. The van der Waals surface area contributed by atoms with Gasteiger partial charge in [0.15, 0.2) is 23.5 Å². The van der Waals surface area contributed by atoms with Gasteiger partial charge >= 0.3 is 0 Å². The molecule has 3 N–H and O–H groups in total. The summed E-state index contributed by atoms with van der Waals surface area (Å²) in [6, 6.07) is 13.3. The molecule has 4 bridgehead atoms. The summed E-state index contributed by atoms with van der Waals surface area (Å²) < 4.78 is 19.4. The van der Waals surface area contributed by atoms with E-state index in [1.165, 1.54) is 0 Å². The van der Waals surface area contributed by atoms with E-state index in [4.69, 9.17) is 18.6 Å². The molecule has 5 heterocycles. The number of carbonyl (C=O) groups excluding carboxylic acids is 2. The number of anilines is 1. The molecule has 4 aromatic rings. The van der Waals surface area contributed by atoms with Gasteiger partial charge in [-0.3, -0.25) is 9.59 Å². The Hall–Kier alpha value is -4.44. The first-order valence-corrected chi connectivity index (χ1v) is 16.0. The number of hydrogen-bond acceptors (Lipinski definition) is 9. The molecule has 0 radical (unpaired) electrons. The number of oxazole rings is 2. The molecule has 1 spiro atoms. The third kappa shape index (κ3) is 4.48. The van der Waals surface area contributed by atoms with Crippen LogP contribution in [-0.2, 0) is 21.4 Å². The number of amides is 1. The van der Waals surface area contributed by atoms with Gasteiger partial charge in [0.1, 0.15) is 29.1 Å². The lowest BCUT2D eigenvalue weighted by molar-refractivity contribution is -0.142. The van der Waals surface area contributed by atoms with Gasteiger partial charge in [-0.15, -0.1) is 0 Å². The maximum absolute atomic E-state index is 14.2. The second-order valence-electron chi connectivity index (χ2n) is 13.9. The highest BCUT2D eigenvalue weighted by molar-refractivity contribution is 5.92. The topological polar surface area (TPSA) is 140 Å². The fourth-order valence-corrected chi connectivity index (χ4v) is 7.20. The number of rotatable bonds is 6. The zero-order valence-electron chi connectivity index (χ0n) is 27.1. The van der Waals surface area contributed by atoms with Crippen LogP contribution >= 0.6 is 0 Å². The van der Waals surface area contributed by atoms with Crippen molar-refractivity contribution in [1.82, 2.24) is 15.3 Å². The van der Waals surface area contributed by atoms with Crippen molar-refractivity contribution in [3.8, 4) is 17.3 Å². The molecule has 2 aromatic heterocycles. The van der Waals surface area contributed by atoms with Gasteiger partial charge in [0.25, 0.3) is 0 Å². The van der Waals surface area contributed by atoms with E-state index >= 15 is 0 Å². The number of nitrogens with one attached hydrogen (secondary N) is 2. The normalized spacial score (nSPS) is 23.4. The van der Waals surface area contributed by atoms with Crippen LogP contribution < -0.4 is 15.4 Å². The molecule has 0 aliphatic carbocycles. The van der Waals surface area contributed by atoms with Crippen LogP contribution in [-0.4, -0.2) is 38.6 Å². The van der Waals surface area contributed by atoms with Crippen molar-refractivity contribution in [2.45, 2.75) is 90.5 Å². The van der Waals surface area contributed by atoms with Crippen LogP contribution in [0, 0.1) is 18.3 Å². The standard InChI is InChI=1S/C36H40N4O6/c1-7-35(43,8-2)26(41)17-21-15-20-13-14-25-23(16-20)36(22-11-9-10-12-24(22)38-33(36)45-25)29-27(31-37-19(3)18-44-31)39-32(46-29)28(34(4,5)6)40-30(21)42/h9-14,16,18,21,28,33,38,43H,7-8,15,17H2,1-6H3,(H,40,42)/t21?,28-,33?,36+/m1/s1. The average molecular weight is 625 g/mol. The zero-order chi connectivity index (χ0) is 32.6. The monoisotopic (exact) mass is 624 g/mol. The first-order chi connectivity index (χ1) is 21.9. The Bertz CT molecular complexity index is 1850. The molecule has 3 aliphatic heterocycles. The van der Waals surface area contributed by atoms with E-state index in [1.807, 2.05) is 64.1 Å². The smallest absolute Gasteiger partial charge is 0.249 e. The molecule has 240 valence electrons. The summed E-state index contributed by atoms with van der Waals surface area (Å²) in [5.41, 5.74) is 1.71. The average Bonchev–Trinajstić information content (AvgIpc) is 3.79. The third-order valence-electron chi connectivity index (χ3n) is 9.94. The number of ketones is 1. The second kappa shape index (κ2) is 10.6. The summed E-state index contributed by atoms with van der Waals surface area (Å²) in [4.78, 5) is 37.4. The maximum atomic E-state index is 14.2. The minimum atomic E-state index is -1.49. The molecule has 10 nitrogen and oxygen atoms in total. The Morgan fingerprint density at radius 2 is 1.83 bits per heavy atom. The van der Waals surface area contributed by atoms with Crippen LogP contribution in [0.4, 0.5) is 5.69 Å².